The van der Waals surface area contributed by atoms with Crippen molar-refractivity contribution in [3.8, 4) is 0 Å². The normalized spacial score (nSPS) is 12.5. The number of hydrogen-bond donors (Lipinski definition) is 3. The van der Waals surface area contributed by atoms with Gasteiger partial charge in [-0.25, -0.2) is 4.98 Å². The molecule has 2 aromatic rings. The molecule has 4 N–H and O–H groups in total. The molecule has 1 aromatic carbocycles. The summed E-state index contributed by atoms with van der Waals surface area (Å²) in [5, 5.41) is 12.4. The highest BCUT2D eigenvalue weighted by Gasteiger charge is 2.09. The predicted octanol–water partition coefficient (Wildman–Crippen LogP) is 2.32. The molecule has 1 atom stereocenters. The molecule has 0 saturated heterocycles. The van der Waals surface area contributed by atoms with Crippen molar-refractivity contribution in [2.24, 2.45) is 0 Å². The van der Waals surface area contributed by atoms with Crippen molar-refractivity contribution in [1.82, 2.24) is 4.98 Å². The van der Waals surface area contributed by atoms with Crippen LogP contribution in [0.1, 0.15) is 13.3 Å². The van der Waals surface area contributed by atoms with Gasteiger partial charge >= 0.3 is 0 Å². The molecule has 20 heavy (non-hydrogen) atoms. The van der Waals surface area contributed by atoms with Crippen LogP contribution >= 0.6 is 23.1 Å². The van der Waals surface area contributed by atoms with Crippen molar-refractivity contribution in [1.29, 1.82) is 0 Å². The first-order chi connectivity index (χ1) is 9.58. The summed E-state index contributed by atoms with van der Waals surface area (Å²) in [5.41, 5.74) is 7.23. The molecule has 2 rings (SSSR count). The second-order valence-electron chi connectivity index (χ2n) is 4.41. The quantitative estimate of drug-likeness (QED) is 0.713. The van der Waals surface area contributed by atoms with Crippen molar-refractivity contribution in [3.63, 3.8) is 0 Å². The van der Waals surface area contributed by atoms with Crippen molar-refractivity contribution in [3.05, 3.63) is 18.2 Å². The van der Waals surface area contributed by atoms with E-state index in [1.54, 1.807) is 17.8 Å². The first-order valence-electron chi connectivity index (χ1n) is 6.27. The topological polar surface area (TPSA) is 88.2 Å². The molecular formula is C13H17N3O2S2. The van der Waals surface area contributed by atoms with E-state index in [1.165, 1.54) is 11.3 Å². The number of amides is 1. The summed E-state index contributed by atoms with van der Waals surface area (Å²) in [6.07, 6.45) is 0.410. The molecule has 108 valence electrons. The Morgan fingerprint density at radius 2 is 2.40 bits per heavy atom. The summed E-state index contributed by atoms with van der Waals surface area (Å²) in [5.74, 6) is 0.625. The van der Waals surface area contributed by atoms with E-state index in [9.17, 15) is 4.79 Å². The number of nitrogens with one attached hydrogen (secondary N) is 1. The fraction of sp³-hybridized carbons (Fsp3) is 0.385. The Kier molecular flexibility index (Phi) is 5.22. The predicted molar refractivity (Wildman–Crippen MR) is 86.3 cm³/mol. The number of fused-ring (bicyclic) bond motifs is 1. The average Bonchev–Trinajstić information content (AvgIpc) is 2.79. The van der Waals surface area contributed by atoms with Crippen LogP contribution in [0, 0.1) is 0 Å². The number of aromatic nitrogens is 1. The van der Waals surface area contributed by atoms with E-state index >= 15 is 0 Å². The number of carbonyl (C=O) groups is 1. The lowest BCUT2D eigenvalue weighted by atomic mass is 10.3. The van der Waals surface area contributed by atoms with Crippen molar-refractivity contribution in [2.75, 3.05) is 23.4 Å². The van der Waals surface area contributed by atoms with Crippen LogP contribution in [-0.2, 0) is 4.79 Å². The fourth-order valence-corrected chi connectivity index (χ4v) is 3.32. The number of aliphatic hydroxyl groups is 1. The van der Waals surface area contributed by atoms with Gasteiger partial charge in [-0.15, -0.1) is 0 Å². The first kappa shape index (κ1) is 15.1. The number of rotatable bonds is 6. The molecule has 1 amide bonds. The second-order valence-corrected chi connectivity index (χ2v) is 6.99. The molecular weight excluding hydrogens is 294 g/mol. The lowest BCUT2D eigenvalue weighted by Gasteiger charge is -2.06. The van der Waals surface area contributed by atoms with Gasteiger partial charge in [0.2, 0.25) is 5.91 Å². The maximum Gasteiger partial charge on any atom is 0.226 e. The van der Waals surface area contributed by atoms with Gasteiger partial charge in [0.05, 0.1) is 16.8 Å². The highest BCUT2D eigenvalue weighted by Crippen LogP contribution is 2.27. The van der Waals surface area contributed by atoms with Gasteiger partial charge in [-0.3, -0.25) is 4.79 Å². The maximum atomic E-state index is 11.8. The third-order valence-electron chi connectivity index (χ3n) is 2.65. The molecule has 0 saturated carbocycles. The smallest absolute Gasteiger partial charge is 0.226 e. The van der Waals surface area contributed by atoms with Gasteiger partial charge < -0.3 is 16.2 Å². The van der Waals surface area contributed by atoms with E-state index in [1.807, 2.05) is 19.1 Å². The first-order valence-corrected chi connectivity index (χ1v) is 8.13. The fourth-order valence-electron chi connectivity index (χ4n) is 1.58. The van der Waals surface area contributed by atoms with Gasteiger partial charge in [0.15, 0.2) is 5.13 Å². The summed E-state index contributed by atoms with van der Waals surface area (Å²) in [7, 11) is 0. The van der Waals surface area contributed by atoms with E-state index in [4.69, 9.17) is 10.8 Å². The molecule has 0 radical (unpaired) electrons. The van der Waals surface area contributed by atoms with E-state index in [2.05, 4.69) is 10.3 Å². The number of nitrogens with two attached hydrogens (primary N) is 1. The number of nitrogens with zero attached hydrogens (tertiary/aromatic N) is 1. The van der Waals surface area contributed by atoms with Gasteiger partial charge in [0.1, 0.15) is 0 Å². The van der Waals surface area contributed by atoms with Gasteiger partial charge in [-0.1, -0.05) is 18.3 Å². The number of thiazole rings is 1. The van der Waals surface area contributed by atoms with Gasteiger partial charge in [0, 0.05) is 23.1 Å². The van der Waals surface area contributed by atoms with Crippen molar-refractivity contribution in [2.45, 2.75) is 18.6 Å². The molecule has 0 fully saturated rings. The summed E-state index contributed by atoms with van der Waals surface area (Å²) in [4.78, 5) is 16.1. The Morgan fingerprint density at radius 3 is 3.15 bits per heavy atom. The third-order valence-corrected chi connectivity index (χ3v) is 4.74. The summed E-state index contributed by atoms with van der Waals surface area (Å²) in [6, 6.07) is 5.48. The summed E-state index contributed by atoms with van der Waals surface area (Å²) < 4.78 is 0.962. The lowest BCUT2D eigenvalue weighted by molar-refractivity contribution is -0.115. The van der Waals surface area contributed by atoms with Gasteiger partial charge in [-0.05, 0) is 18.2 Å². The van der Waals surface area contributed by atoms with E-state index < -0.39 is 0 Å². The molecule has 0 spiro atoms. The highest BCUT2D eigenvalue weighted by atomic mass is 32.2. The monoisotopic (exact) mass is 311 g/mol. The summed E-state index contributed by atoms with van der Waals surface area (Å²) in [6.45, 7) is 2.06. The Hall–Kier alpha value is -1.31. The molecule has 0 aliphatic carbocycles. The van der Waals surface area contributed by atoms with Crippen LogP contribution in [0.25, 0.3) is 10.2 Å². The van der Waals surface area contributed by atoms with Crippen LogP contribution in [0.3, 0.4) is 0 Å². The minimum Gasteiger partial charge on any atom is -0.399 e. The van der Waals surface area contributed by atoms with Gasteiger partial charge in [0.25, 0.3) is 0 Å². The molecule has 0 bridgehead atoms. The zero-order chi connectivity index (χ0) is 14.5. The van der Waals surface area contributed by atoms with E-state index in [-0.39, 0.29) is 17.8 Å². The number of carbonyl (C=O) groups excluding carboxylic acids is 1. The number of benzene rings is 1. The molecule has 0 aliphatic heterocycles. The van der Waals surface area contributed by atoms with Gasteiger partial charge in [-0.2, -0.15) is 11.8 Å². The molecule has 7 heteroatoms. The molecule has 1 aromatic heterocycles. The van der Waals surface area contributed by atoms with Crippen molar-refractivity contribution < 1.29 is 9.90 Å². The van der Waals surface area contributed by atoms with Crippen molar-refractivity contribution >= 4 is 50.0 Å². The Balaban J connectivity index is 1.89. The third kappa shape index (κ3) is 4.09. The minimum absolute atomic E-state index is 0.0605. The zero-order valence-corrected chi connectivity index (χ0v) is 12.8. The van der Waals surface area contributed by atoms with Crippen LogP contribution in [0.5, 0.6) is 0 Å². The molecule has 5 nitrogen and oxygen atoms in total. The highest BCUT2D eigenvalue weighted by molar-refractivity contribution is 7.99. The number of anilines is 2. The van der Waals surface area contributed by atoms with Crippen LogP contribution < -0.4 is 11.1 Å². The average molecular weight is 311 g/mol. The zero-order valence-electron chi connectivity index (χ0n) is 11.1. The molecule has 0 aliphatic rings. The van der Waals surface area contributed by atoms with E-state index in [0.717, 1.165) is 10.2 Å². The number of thioether (sulfide) groups is 1. The second kappa shape index (κ2) is 6.92. The number of nitrogen functional groups attached to an aromatic ring is 1. The standard InChI is InChI=1S/C13H17N3O2S2/c1-8(7-17)19-5-4-12(18)16-13-15-10-3-2-9(14)6-11(10)20-13/h2-3,6,8,17H,4-5,7,14H2,1H3,(H,15,16,18). The Morgan fingerprint density at radius 1 is 1.60 bits per heavy atom. The number of aliphatic hydroxyl groups excluding tert-OH is 1. The Bertz CT molecular complexity index is 600. The lowest BCUT2D eigenvalue weighted by Crippen LogP contribution is -2.13. The maximum absolute atomic E-state index is 11.8. The summed E-state index contributed by atoms with van der Waals surface area (Å²) >= 11 is 2.99. The van der Waals surface area contributed by atoms with E-state index in [0.29, 0.717) is 23.0 Å². The minimum atomic E-state index is -0.0605. The van der Waals surface area contributed by atoms with Crippen LogP contribution in [-0.4, -0.2) is 33.6 Å². The Labute approximate surface area is 125 Å². The molecule has 1 heterocycles. The number of hydrogen-bond acceptors (Lipinski definition) is 6. The largest absolute Gasteiger partial charge is 0.399 e. The van der Waals surface area contributed by atoms with Crippen LogP contribution in [0.4, 0.5) is 10.8 Å². The molecule has 1 unspecified atom stereocenters. The van der Waals surface area contributed by atoms with Crippen LogP contribution in [0.15, 0.2) is 18.2 Å². The van der Waals surface area contributed by atoms with Crippen LogP contribution in [0.2, 0.25) is 0 Å². The SMILES string of the molecule is CC(CO)SCCC(=O)Nc1nc2ccc(N)cc2s1.